The zero-order chi connectivity index (χ0) is 46.2. The first-order valence-electron chi connectivity index (χ1n) is 20.9. The monoisotopic (exact) mass is 956 g/mol. The molecular weight excluding hydrogens is 923 g/mol. The van der Waals surface area contributed by atoms with E-state index < -0.39 is 0 Å². The molecule has 20 nitrogen and oxygen atoms in total. The van der Waals surface area contributed by atoms with Crippen LogP contribution in [0.1, 0.15) is 49.4 Å². The van der Waals surface area contributed by atoms with Crippen molar-refractivity contribution in [2.75, 3.05) is 18.0 Å². The minimum absolute atomic E-state index is 0.0819. The number of anilines is 1. The van der Waals surface area contributed by atoms with Gasteiger partial charge in [0.15, 0.2) is 22.9 Å². The van der Waals surface area contributed by atoms with Crippen LogP contribution in [0.25, 0.3) is 44.5 Å². The zero-order valence-corrected chi connectivity index (χ0v) is 37.1. The maximum Gasteiger partial charge on any atom is 0.284 e. The predicted molar refractivity (Wildman–Crippen MR) is 252 cm³/mol. The summed E-state index contributed by atoms with van der Waals surface area (Å²) < 4.78 is 6.36. The average molecular weight is 958 g/mol. The van der Waals surface area contributed by atoms with Crippen LogP contribution in [0.15, 0.2) is 130 Å². The normalized spacial score (nSPS) is 15.8. The lowest BCUT2D eigenvalue weighted by Gasteiger charge is -2.27. The Morgan fingerprint density at radius 3 is 1.72 bits per heavy atom. The van der Waals surface area contributed by atoms with Gasteiger partial charge in [0, 0.05) is 18.9 Å². The van der Waals surface area contributed by atoms with Crippen LogP contribution >= 0.6 is 34.8 Å². The summed E-state index contributed by atoms with van der Waals surface area (Å²) in [6.45, 7) is 1.58. The van der Waals surface area contributed by atoms with Crippen molar-refractivity contribution >= 4 is 73.7 Å². The minimum Gasteiger partial charge on any atom is -0.345 e. The second-order valence-corrected chi connectivity index (χ2v) is 16.5. The molecule has 336 valence electrons. The Morgan fingerprint density at radius 1 is 0.582 bits per heavy atom. The van der Waals surface area contributed by atoms with Crippen molar-refractivity contribution in [1.29, 1.82) is 0 Å². The summed E-state index contributed by atoms with van der Waals surface area (Å²) >= 11 is 18.1. The Balaban J connectivity index is 0.000000132. The number of nitrogens with one attached hydrogen (secondary N) is 3. The molecule has 0 saturated carbocycles. The van der Waals surface area contributed by atoms with Gasteiger partial charge in [-0.1, -0.05) is 71.2 Å². The molecule has 3 N–H and O–H groups in total. The highest BCUT2D eigenvalue weighted by Gasteiger charge is 2.34. The number of fused-ring (bicyclic) bond motifs is 4. The van der Waals surface area contributed by atoms with Crippen molar-refractivity contribution in [3.63, 3.8) is 0 Å². The van der Waals surface area contributed by atoms with Crippen LogP contribution in [0.3, 0.4) is 0 Å². The summed E-state index contributed by atoms with van der Waals surface area (Å²) in [5, 5.41) is 14.3. The molecule has 10 heterocycles. The number of aromatic amines is 2. The van der Waals surface area contributed by atoms with Gasteiger partial charge in [0.25, 0.3) is 22.2 Å². The number of benzene rings is 2. The molecule has 2 aliphatic heterocycles. The van der Waals surface area contributed by atoms with Crippen LogP contribution in [-0.4, -0.2) is 81.3 Å². The number of para-hydroxylation sites is 2. The molecule has 23 heteroatoms. The Bertz CT molecular complexity index is 3690. The van der Waals surface area contributed by atoms with E-state index in [2.05, 4.69) is 50.3 Å². The molecule has 2 fully saturated rings. The van der Waals surface area contributed by atoms with E-state index >= 15 is 0 Å². The molecule has 0 unspecified atom stereocenters. The molecule has 67 heavy (non-hydrogen) atoms. The standard InChI is InChI=1S/C22H17ClN8O2.C16H15ClN4O.C6H3ClN4O/c23-14-8-10-30-17(14)22(33)31(13-5-2-1-3-6-13)19(28-30)15-7-4-9-29(15)20-16-18(24-11-26-20)25-12-27-21(16)32;17-12-8-10-20-14(12)16(22)21(11-5-2-1-3-6-11)15(19-20)13-7-4-9-18-13;7-4-3-5(9-1-8-4)10-2-11-6(3)12/h1-3,5-6,8,10-12,15H,4,7,9H2,(H,24,25,26,27,32);1-3,5-6,8,10,13,18H,4,7,9H2;1-2H,(H,8,9,10,11,12)/t15-;13-;/m00./s1. The van der Waals surface area contributed by atoms with Crippen LogP contribution in [-0.2, 0) is 0 Å². The lowest BCUT2D eigenvalue weighted by atomic mass is 10.2. The fraction of sp³-hybridized carbons (Fsp3) is 0.182. The van der Waals surface area contributed by atoms with Gasteiger partial charge in [-0.15, -0.1) is 0 Å². The largest absolute Gasteiger partial charge is 0.345 e. The van der Waals surface area contributed by atoms with Crippen LogP contribution in [0.4, 0.5) is 5.82 Å². The Hall–Kier alpha value is -7.65. The number of aromatic nitrogens is 14. The van der Waals surface area contributed by atoms with Crippen molar-refractivity contribution < 1.29 is 0 Å². The maximum absolute atomic E-state index is 13.6. The van der Waals surface area contributed by atoms with E-state index in [-0.39, 0.29) is 44.9 Å². The third-order valence-corrected chi connectivity index (χ3v) is 12.3. The van der Waals surface area contributed by atoms with E-state index in [1.165, 1.54) is 29.8 Å². The fourth-order valence-corrected chi connectivity index (χ4v) is 9.03. The molecule has 0 bridgehead atoms. The van der Waals surface area contributed by atoms with E-state index in [0.717, 1.165) is 43.7 Å². The number of H-pyrrole nitrogens is 2. The minimum atomic E-state index is -0.328. The fourth-order valence-electron chi connectivity index (χ4n) is 8.37. The molecule has 2 saturated heterocycles. The van der Waals surface area contributed by atoms with E-state index in [9.17, 15) is 19.2 Å². The molecule has 2 aromatic carbocycles. The molecule has 10 aromatic rings. The van der Waals surface area contributed by atoms with Gasteiger partial charge in [0.1, 0.15) is 45.4 Å². The van der Waals surface area contributed by atoms with Gasteiger partial charge in [0.2, 0.25) is 0 Å². The van der Waals surface area contributed by atoms with Gasteiger partial charge in [-0.05, 0) is 68.6 Å². The van der Waals surface area contributed by atoms with Crippen LogP contribution < -0.4 is 32.5 Å². The van der Waals surface area contributed by atoms with Crippen molar-refractivity contribution in [2.45, 2.75) is 37.8 Å². The summed E-state index contributed by atoms with van der Waals surface area (Å²) in [5.41, 5.74) is 1.78. The van der Waals surface area contributed by atoms with Gasteiger partial charge >= 0.3 is 0 Å². The first-order valence-corrected chi connectivity index (χ1v) is 22.0. The second-order valence-electron chi connectivity index (χ2n) is 15.3. The molecule has 0 radical (unpaired) electrons. The van der Waals surface area contributed by atoms with E-state index in [1.807, 2.05) is 65.6 Å². The van der Waals surface area contributed by atoms with Gasteiger partial charge in [-0.25, -0.2) is 38.9 Å². The molecule has 2 aliphatic rings. The Kier molecular flexibility index (Phi) is 11.8. The van der Waals surface area contributed by atoms with E-state index in [0.29, 0.717) is 61.6 Å². The lowest BCUT2D eigenvalue weighted by molar-refractivity contribution is 0.560. The van der Waals surface area contributed by atoms with Crippen molar-refractivity contribution in [3.8, 4) is 11.4 Å². The highest BCUT2D eigenvalue weighted by molar-refractivity contribution is 6.34. The summed E-state index contributed by atoms with van der Waals surface area (Å²) in [5.74, 6) is 1.74. The van der Waals surface area contributed by atoms with E-state index in [1.54, 1.807) is 38.2 Å². The third kappa shape index (κ3) is 8.09. The maximum atomic E-state index is 13.6. The number of rotatable bonds is 5. The van der Waals surface area contributed by atoms with Gasteiger partial charge in [-0.3, -0.25) is 28.3 Å². The summed E-state index contributed by atoms with van der Waals surface area (Å²) in [6.07, 6.45) is 12.3. The van der Waals surface area contributed by atoms with Gasteiger partial charge in [0.05, 0.1) is 46.2 Å². The van der Waals surface area contributed by atoms with Crippen molar-refractivity contribution in [1.82, 2.24) is 73.6 Å². The van der Waals surface area contributed by atoms with Gasteiger partial charge in [-0.2, -0.15) is 10.2 Å². The molecule has 0 aliphatic carbocycles. The predicted octanol–water partition coefficient (Wildman–Crippen LogP) is 5.44. The molecule has 0 spiro atoms. The average Bonchev–Trinajstić information content (AvgIpc) is 4.19. The molecule has 2 atom stereocenters. The molecule has 12 rings (SSSR count). The molecule has 0 amide bonds. The third-order valence-electron chi connectivity index (χ3n) is 11.4. The second kappa shape index (κ2) is 18.3. The lowest BCUT2D eigenvalue weighted by Crippen LogP contribution is -2.33. The first kappa shape index (κ1) is 43.3. The smallest absolute Gasteiger partial charge is 0.284 e. The Labute approximate surface area is 391 Å². The Morgan fingerprint density at radius 2 is 1.13 bits per heavy atom. The highest BCUT2D eigenvalue weighted by atomic mass is 35.5. The highest BCUT2D eigenvalue weighted by Crippen LogP contribution is 2.37. The summed E-state index contributed by atoms with van der Waals surface area (Å²) in [4.78, 5) is 81.3. The van der Waals surface area contributed by atoms with Crippen LogP contribution in [0.5, 0.6) is 0 Å². The number of halogens is 3. The molecular formula is C44H35Cl3N16O4. The number of nitrogens with zero attached hydrogens (tertiary/aromatic N) is 13. The van der Waals surface area contributed by atoms with Gasteiger partial charge < -0.3 is 20.2 Å². The van der Waals surface area contributed by atoms with E-state index in [4.69, 9.17) is 39.9 Å². The first-order chi connectivity index (χ1) is 32.7. The summed E-state index contributed by atoms with van der Waals surface area (Å²) in [7, 11) is 0. The van der Waals surface area contributed by atoms with Crippen molar-refractivity contribution in [2.24, 2.45) is 0 Å². The molecule has 8 aromatic heterocycles. The quantitative estimate of drug-likeness (QED) is 0.182. The van der Waals surface area contributed by atoms with Crippen LogP contribution in [0.2, 0.25) is 15.2 Å². The van der Waals surface area contributed by atoms with Crippen molar-refractivity contribution in [3.05, 3.63) is 179 Å². The zero-order valence-electron chi connectivity index (χ0n) is 34.9. The summed E-state index contributed by atoms with van der Waals surface area (Å²) in [6, 6.07) is 22.0. The SMILES string of the molecule is O=c1[nH]cnc2ncnc(Cl)c12.O=c1[nH]cnc2ncnc(N3CCC[C@H]3c3nn4ccc(Cl)c4c(=O)n3-c3ccccc3)c12.O=c1c2c(Cl)ccn2nc([C@@H]2CCCN2)n1-c1ccccc1. The topological polar surface area (TPSA) is 237 Å². The number of hydrogen-bond acceptors (Lipinski definition) is 14. The number of hydrogen-bond donors (Lipinski definition) is 3. The van der Waals surface area contributed by atoms with Crippen LogP contribution in [0, 0.1) is 0 Å².